The van der Waals surface area contributed by atoms with Crippen molar-refractivity contribution >= 4 is 22.9 Å². The number of aliphatic hydroxyl groups excluding tert-OH is 1. The van der Waals surface area contributed by atoms with E-state index in [2.05, 4.69) is 5.32 Å². The van der Waals surface area contributed by atoms with Crippen molar-refractivity contribution in [1.29, 1.82) is 0 Å². The van der Waals surface area contributed by atoms with E-state index in [1.165, 1.54) is 0 Å². The summed E-state index contributed by atoms with van der Waals surface area (Å²) in [6, 6.07) is 4.25. The zero-order valence-electron chi connectivity index (χ0n) is 8.74. The van der Waals surface area contributed by atoms with Gasteiger partial charge in [-0.05, 0) is 25.5 Å². The number of aliphatic hydroxyl groups is 1. The Morgan fingerprint density at radius 2 is 2.33 bits per heavy atom. The molecule has 0 fully saturated rings. The quantitative estimate of drug-likeness (QED) is 0.719. The van der Waals surface area contributed by atoms with E-state index in [0.717, 1.165) is 15.6 Å². The number of halogens is 1. The van der Waals surface area contributed by atoms with Gasteiger partial charge in [0.05, 0.1) is 10.4 Å². The standard InChI is InChI=1S/C10H17ClN2OS/c1-7(4-5-14)13-8(6-12)9-2-3-10(11)15-9/h2-3,7-8,13-14H,4-6,12H2,1H3. The SMILES string of the molecule is CC(CCO)NC(CN)c1ccc(Cl)s1. The van der Waals surface area contributed by atoms with Crippen molar-refractivity contribution in [1.82, 2.24) is 5.32 Å². The Morgan fingerprint density at radius 3 is 2.80 bits per heavy atom. The Labute approximate surface area is 99.2 Å². The second-order valence-corrected chi connectivity index (χ2v) is 5.26. The Balaban J connectivity index is 2.56. The summed E-state index contributed by atoms with van der Waals surface area (Å²) in [4.78, 5) is 1.15. The summed E-state index contributed by atoms with van der Waals surface area (Å²) < 4.78 is 0.778. The lowest BCUT2D eigenvalue weighted by atomic mass is 10.2. The van der Waals surface area contributed by atoms with Gasteiger partial charge >= 0.3 is 0 Å². The average molecular weight is 249 g/mol. The maximum Gasteiger partial charge on any atom is 0.0931 e. The second-order valence-electron chi connectivity index (χ2n) is 3.51. The first-order valence-corrected chi connectivity index (χ1v) is 6.19. The summed E-state index contributed by atoms with van der Waals surface area (Å²) in [5, 5.41) is 12.2. The normalized spacial score (nSPS) is 15.2. The molecule has 5 heteroatoms. The Hall–Kier alpha value is -0.130. The fourth-order valence-electron chi connectivity index (χ4n) is 1.40. The molecule has 2 unspecified atom stereocenters. The first-order chi connectivity index (χ1) is 7.17. The van der Waals surface area contributed by atoms with Crippen LogP contribution >= 0.6 is 22.9 Å². The van der Waals surface area contributed by atoms with Gasteiger partial charge in [0.15, 0.2) is 0 Å². The largest absolute Gasteiger partial charge is 0.396 e. The van der Waals surface area contributed by atoms with Crippen LogP contribution in [-0.4, -0.2) is 24.3 Å². The molecule has 0 aliphatic rings. The molecule has 1 rings (SSSR count). The van der Waals surface area contributed by atoms with Gasteiger partial charge in [-0.1, -0.05) is 11.6 Å². The molecule has 4 N–H and O–H groups in total. The van der Waals surface area contributed by atoms with Crippen LogP contribution in [0.2, 0.25) is 4.34 Å². The van der Waals surface area contributed by atoms with Crippen LogP contribution < -0.4 is 11.1 Å². The van der Waals surface area contributed by atoms with E-state index in [0.29, 0.717) is 6.54 Å². The van der Waals surface area contributed by atoms with E-state index in [1.807, 2.05) is 19.1 Å². The molecular weight excluding hydrogens is 232 g/mol. The average Bonchev–Trinajstić information content (AvgIpc) is 2.61. The van der Waals surface area contributed by atoms with Gasteiger partial charge in [0.2, 0.25) is 0 Å². The second kappa shape index (κ2) is 6.45. The van der Waals surface area contributed by atoms with E-state index >= 15 is 0 Å². The summed E-state index contributed by atoms with van der Waals surface area (Å²) in [6.45, 7) is 2.76. The molecule has 0 spiro atoms. The molecule has 0 saturated carbocycles. The molecule has 1 heterocycles. The molecule has 0 aliphatic carbocycles. The van der Waals surface area contributed by atoms with Gasteiger partial charge in [0.25, 0.3) is 0 Å². The van der Waals surface area contributed by atoms with Gasteiger partial charge in [-0.25, -0.2) is 0 Å². The van der Waals surface area contributed by atoms with Crippen molar-refractivity contribution in [3.8, 4) is 0 Å². The molecule has 3 nitrogen and oxygen atoms in total. The summed E-state index contributed by atoms with van der Waals surface area (Å²) >= 11 is 7.41. The maximum atomic E-state index is 8.81. The van der Waals surface area contributed by atoms with Crippen molar-refractivity contribution in [2.24, 2.45) is 5.73 Å². The van der Waals surface area contributed by atoms with Gasteiger partial charge < -0.3 is 16.2 Å². The molecule has 86 valence electrons. The predicted octanol–water partition coefficient (Wildman–Crippen LogP) is 1.76. The molecule has 2 atom stereocenters. The fourth-order valence-corrected chi connectivity index (χ4v) is 2.54. The van der Waals surface area contributed by atoms with Gasteiger partial charge in [0, 0.05) is 24.1 Å². The minimum absolute atomic E-state index is 0.129. The minimum Gasteiger partial charge on any atom is -0.396 e. The van der Waals surface area contributed by atoms with Crippen molar-refractivity contribution in [2.75, 3.05) is 13.2 Å². The van der Waals surface area contributed by atoms with E-state index in [-0.39, 0.29) is 18.7 Å². The lowest BCUT2D eigenvalue weighted by Gasteiger charge is -2.20. The van der Waals surface area contributed by atoms with Crippen molar-refractivity contribution < 1.29 is 5.11 Å². The van der Waals surface area contributed by atoms with Crippen LogP contribution in [0.15, 0.2) is 12.1 Å². The Kier molecular flexibility index (Phi) is 5.56. The Bertz CT molecular complexity index is 293. The monoisotopic (exact) mass is 248 g/mol. The van der Waals surface area contributed by atoms with Gasteiger partial charge in [0.1, 0.15) is 0 Å². The summed E-state index contributed by atoms with van der Waals surface area (Å²) in [5.41, 5.74) is 5.70. The molecule has 0 aliphatic heterocycles. The third-order valence-electron chi connectivity index (χ3n) is 2.22. The highest BCUT2D eigenvalue weighted by Crippen LogP contribution is 2.26. The molecule has 0 bridgehead atoms. The number of thiophene rings is 1. The zero-order valence-corrected chi connectivity index (χ0v) is 10.3. The number of rotatable bonds is 6. The molecule has 0 saturated heterocycles. The van der Waals surface area contributed by atoms with E-state index < -0.39 is 0 Å². The topological polar surface area (TPSA) is 58.3 Å². The van der Waals surface area contributed by atoms with E-state index in [1.54, 1.807) is 11.3 Å². The van der Waals surface area contributed by atoms with Crippen molar-refractivity contribution in [3.05, 3.63) is 21.3 Å². The third-order valence-corrected chi connectivity index (χ3v) is 3.57. The zero-order chi connectivity index (χ0) is 11.3. The summed E-state index contributed by atoms with van der Waals surface area (Å²) in [5.74, 6) is 0. The molecule has 1 aromatic heterocycles. The minimum atomic E-state index is 0.129. The van der Waals surface area contributed by atoms with Crippen LogP contribution in [0, 0.1) is 0 Å². The highest BCUT2D eigenvalue weighted by atomic mass is 35.5. The first-order valence-electron chi connectivity index (χ1n) is 4.99. The van der Waals surface area contributed by atoms with Crippen LogP contribution in [0.5, 0.6) is 0 Å². The van der Waals surface area contributed by atoms with Gasteiger partial charge in [-0.3, -0.25) is 0 Å². The molecule has 0 radical (unpaired) electrons. The van der Waals surface area contributed by atoms with E-state index in [4.69, 9.17) is 22.4 Å². The highest BCUT2D eigenvalue weighted by Gasteiger charge is 2.14. The van der Waals surface area contributed by atoms with Gasteiger partial charge in [-0.2, -0.15) is 0 Å². The number of nitrogens with one attached hydrogen (secondary N) is 1. The molecular formula is C10H17ClN2OS. The van der Waals surface area contributed by atoms with Crippen LogP contribution in [0.1, 0.15) is 24.3 Å². The maximum absolute atomic E-state index is 8.81. The lowest BCUT2D eigenvalue weighted by Crippen LogP contribution is -2.35. The molecule has 1 aromatic rings. The molecule has 0 amide bonds. The smallest absolute Gasteiger partial charge is 0.0931 e. The lowest BCUT2D eigenvalue weighted by molar-refractivity contribution is 0.264. The summed E-state index contributed by atoms with van der Waals surface area (Å²) in [7, 11) is 0. The first kappa shape index (κ1) is 12.9. The van der Waals surface area contributed by atoms with Crippen LogP contribution in [0.25, 0.3) is 0 Å². The van der Waals surface area contributed by atoms with Crippen LogP contribution in [0.3, 0.4) is 0 Å². The fraction of sp³-hybridized carbons (Fsp3) is 0.600. The van der Waals surface area contributed by atoms with E-state index in [9.17, 15) is 0 Å². The number of nitrogens with two attached hydrogens (primary N) is 1. The van der Waals surface area contributed by atoms with Crippen LogP contribution in [-0.2, 0) is 0 Å². The predicted molar refractivity (Wildman–Crippen MR) is 65.4 cm³/mol. The molecule has 0 aromatic carbocycles. The number of hydrogen-bond acceptors (Lipinski definition) is 4. The Morgan fingerprint density at radius 1 is 1.60 bits per heavy atom. The molecule has 15 heavy (non-hydrogen) atoms. The third kappa shape index (κ3) is 4.09. The number of hydrogen-bond donors (Lipinski definition) is 3. The van der Waals surface area contributed by atoms with Crippen molar-refractivity contribution in [2.45, 2.75) is 25.4 Å². The van der Waals surface area contributed by atoms with Gasteiger partial charge in [-0.15, -0.1) is 11.3 Å². The van der Waals surface area contributed by atoms with Crippen molar-refractivity contribution in [3.63, 3.8) is 0 Å². The highest BCUT2D eigenvalue weighted by molar-refractivity contribution is 7.16. The van der Waals surface area contributed by atoms with Crippen LogP contribution in [0.4, 0.5) is 0 Å². The summed E-state index contributed by atoms with van der Waals surface area (Å²) in [6.07, 6.45) is 0.732.